The van der Waals surface area contributed by atoms with Crippen molar-refractivity contribution in [3.63, 3.8) is 0 Å². The highest BCUT2D eigenvalue weighted by Crippen LogP contribution is 2.35. The van der Waals surface area contributed by atoms with Gasteiger partial charge in [0.15, 0.2) is 0 Å². The molecule has 2 heterocycles. The predicted octanol–water partition coefficient (Wildman–Crippen LogP) is 3.41. The summed E-state index contributed by atoms with van der Waals surface area (Å²) in [6.07, 6.45) is 4.51. The summed E-state index contributed by atoms with van der Waals surface area (Å²) < 4.78 is 5.64. The maximum Gasteiger partial charge on any atom is 0.410 e. The van der Waals surface area contributed by atoms with E-state index in [0.717, 1.165) is 32.5 Å². The number of carbonyl (C=O) groups is 1. The topological polar surface area (TPSA) is 41.6 Å². The van der Waals surface area contributed by atoms with E-state index in [-0.39, 0.29) is 11.5 Å². The fraction of sp³-hybridized carbons (Fsp3) is 0.941. The van der Waals surface area contributed by atoms with Gasteiger partial charge >= 0.3 is 6.09 Å². The number of hydrogen-bond donors (Lipinski definition) is 1. The van der Waals surface area contributed by atoms with Crippen molar-refractivity contribution in [2.45, 2.75) is 71.9 Å². The minimum absolute atomic E-state index is 0.133. The first kappa shape index (κ1) is 16.6. The second kappa shape index (κ2) is 6.15. The van der Waals surface area contributed by atoms with Gasteiger partial charge in [-0.25, -0.2) is 4.79 Å². The van der Waals surface area contributed by atoms with Crippen LogP contribution in [0.2, 0.25) is 0 Å². The fourth-order valence-electron chi connectivity index (χ4n) is 3.46. The lowest BCUT2D eigenvalue weighted by Crippen LogP contribution is -2.51. The molecule has 2 aliphatic rings. The first-order chi connectivity index (χ1) is 9.66. The third kappa shape index (κ3) is 4.87. The van der Waals surface area contributed by atoms with E-state index in [4.69, 9.17) is 4.74 Å². The number of ether oxygens (including phenoxy) is 1. The van der Waals surface area contributed by atoms with Crippen molar-refractivity contribution < 1.29 is 9.53 Å². The molecule has 4 nitrogen and oxygen atoms in total. The van der Waals surface area contributed by atoms with Crippen LogP contribution in [-0.4, -0.2) is 42.3 Å². The maximum absolute atomic E-state index is 12.6. The first-order valence-electron chi connectivity index (χ1n) is 8.37. The van der Waals surface area contributed by atoms with Crippen LogP contribution in [0.3, 0.4) is 0 Å². The highest BCUT2D eigenvalue weighted by atomic mass is 16.6. The van der Waals surface area contributed by atoms with Crippen LogP contribution in [-0.2, 0) is 4.74 Å². The first-order valence-corrected chi connectivity index (χ1v) is 8.37. The Morgan fingerprint density at radius 1 is 1.33 bits per heavy atom. The second-order valence-electron chi connectivity index (χ2n) is 8.56. The van der Waals surface area contributed by atoms with E-state index in [1.54, 1.807) is 0 Å². The Hall–Kier alpha value is -0.770. The molecule has 0 aromatic rings. The minimum Gasteiger partial charge on any atom is -0.444 e. The summed E-state index contributed by atoms with van der Waals surface area (Å²) in [6.45, 7) is 13.3. The van der Waals surface area contributed by atoms with Gasteiger partial charge in [0.1, 0.15) is 5.60 Å². The molecule has 2 saturated heterocycles. The monoisotopic (exact) mass is 296 g/mol. The molecule has 1 N–H and O–H groups in total. The average molecular weight is 296 g/mol. The lowest BCUT2D eigenvalue weighted by molar-refractivity contribution is -0.0109. The number of carbonyl (C=O) groups excluding carboxylic acids is 1. The molecular formula is C17H32N2O2. The Bertz CT molecular complexity index is 367. The molecule has 2 aliphatic heterocycles. The number of likely N-dealkylation sites (tertiary alicyclic amines) is 1. The molecule has 2 rings (SSSR count). The number of amides is 1. The van der Waals surface area contributed by atoms with E-state index in [1.807, 2.05) is 25.7 Å². The van der Waals surface area contributed by atoms with E-state index in [1.165, 1.54) is 12.8 Å². The van der Waals surface area contributed by atoms with Crippen LogP contribution >= 0.6 is 0 Å². The molecular weight excluding hydrogens is 264 g/mol. The van der Waals surface area contributed by atoms with E-state index in [2.05, 4.69) is 19.2 Å². The molecule has 1 amide bonds. The van der Waals surface area contributed by atoms with Crippen molar-refractivity contribution in [3.05, 3.63) is 0 Å². The summed E-state index contributed by atoms with van der Waals surface area (Å²) in [6, 6.07) is 0.345. The van der Waals surface area contributed by atoms with Crippen molar-refractivity contribution in [2.75, 3.05) is 19.6 Å². The van der Waals surface area contributed by atoms with Crippen LogP contribution in [0.1, 0.15) is 60.3 Å². The quantitative estimate of drug-likeness (QED) is 0.849. The summed E-state index contributed by atoms with van der Waals surface area (Å²) in [7, 11) is 0. The predicted molar refractivity (Wildman–Crippen MR) is 85.3 cm³/mol. The number of hydrogen-bond acceptors (Lipinski definition) is 3. The SMILES string of the molecule is CC1(C)CCC(CC2CCNC2)N(C(=O)OC(C)(C)C)C1. The molecule has 2 unspecified atom stereocenters. The van der Waals surface area contributed by atoms with Gasteiger partial charge in [0.2, 0.25) is 0 Å². The molecule has 0 saturated carbocycles. The van der Waals surface area contributed by atoms with Crippen molar-refractivity contribution in [1.29, 1.82) is 0 Å². The van der Waals surface area contributed by atoms with Crippen molar-refractivity contribution in [3.8, 4) is 0 Å². The summed E-state index contributed by atoms with van der Waals surface area (Å²) in [5.74, 6) is 0.709. The van der Waals surface area contributed by atoms with Crippen LogP contribution < -0.4 is 5.32 Å². The lowest BCUT2D eigenvalue weighted by Gasteiger charge is -2.44. The standard InChI is InChI=1S/C17H32N2O2/c1-16(2,3)21-15(20)19-12-17(4,5)8-6-14(19)10-13-7-9-18-11-13/h13-14,18H,6-12H2,1-5H3. The Morgan fingerprint density at radius 2 is 2.05 bits per heavy atom. The normalized spacial score (nSPS) is 29.5. The summed E-state index contributed by atoms with van der Waals surface area (Å²) in [4.78, 5) is 14.6. The molecule has 2 atom stereocenters. The maximum atomic E-state index is 12.6. The number of nitrogens with one attached hydrogen (secondary N) is 1. The van der Waals surface area contributed by atoms with Crippen LogP contribution in [0.4, 0.5) is 4.79 Å². The van der Waals surface area contributed by atoms with E-state index >= 15 is 0 Å². The van der Waals surface area contributed by atoms with E-state index in [0.29, 0.717) is 12.0 Å². The summed E-state index contributed by atoms with van der Waals surface area (Å²) in [5.41, 5.74) is -0.223. The molecule has 0 aliphatic carbocycles. The van der Waals surface area contributed by atoms with Gasteiger partial charge < -0.3 is 15.0 Å². The van der Waals surface area contributed by atoms with Crippen LogP contribution in [0.25, 0.3) is 0 Å². The summed E-state index contributed by atoms with van der Waals surface area (Å²) >= 11 is 0. The van der Waals surface area contributed by atoms with Crippen molar-refractivity contribution in [1.82, 2.24) is 10.2 Å². The van der Waals surface area contributed by atoms with Gasteiger partial charge in [0.25, 0.3) is 0 Å². The van der Waals surface area contributed by atoms with Crippen molar-refractivity contribution >= 4 is 6.09 Å². The molecule has 0 radical (unpaired) electrons. The second-order valence-corrected chi connectivity index (χ2v) is 8.56. The van der Waals surface area contributed by atoms with Crippen molar-refractivity contribution in [2.24, 2.45) is 11.3 Å². The van der Waals surface area contributed by atoms with Crippen LogP contribution in [0, 0.1) is 11.3 Å². The average Bonchev–Trinajstić information content (AvgIpc) is 2.81. The van der Waals surface area contributed by atoms with Gasteiger partial charge in [-0.2, -0.15) is 0 Å². The Morgan fingerprint density at radius 3 is 2.62 bits per heavy atom. The highest BCUT2D eigenvalue weighted by molar-refractivity contribution is 5.68. The number of piperidine rings is 1. The van der Waals surface area contributed by atoms with E-state index < -0.39 is 5.60 Å². The molecule has 4 heteroatoms. The zero-order chi connectivity index (χ0) is 15.7. The van der Waals surface area contributed by atoms with Gasteiger partial charge in [-0.05, 0) is 70.9 Å². The van der Waals surface area contributed by atoms with Gasteiger partial charge in [0, 0.05) is 12.6 Å². The Labute approximate surface area is 129 Å². The molecule has 0 spiro atoms. The van der Waals surface area contributed by atoms with Crippen LogP contribution in [0.5, 0.6) is 0 Å². The Balaban J connectivity index is 2.03. The lowest BCUT2D eigenvalue weighted by atomic mass is 9.79. The zero-order valence-corrected chi connectivity index (χ0v) is 14.4. The van der Waals surface area contributed by atoms with Crippen LogP contribution in [0.15, 0.2) is 0 Å². The smallest absolute Gasteiger partial charge is 0.410 e. The number of nitrogens with zero attached hydrogens (tertiary/aromatic N) is 1. The number of rotatable bonds is 2. The molecule has 21 heavy (non-hydrogen) atoms. The third-order valence-corrected chi connectivity index (χ3v) is 4.59. The Kier molecular flexibility index (Phi) is 4.86. The van der Waals surface area contributed by atoms with Gasteiger partial charge in [-0.3, -0.25) is 0 Å². The van der Waals surface area contributed by atoms with Gasteiger partial charge in [-0.15, -0.1) is 0 Å². The highest BCUT2D eigenvalue weighted by Gasteiger charge is 2.38. The minimum atomic E-state index is -0.419. The molecule has 0 aromatic heterocycles. The zero-order valence-electron chi connectivity index (χ0n) is 14.4. The van der Waals surface area contributed by atoms with Gasteiger partial charge in [-0.1, -0.05) is 13.8 Å². The summed E-state index contributed by atoms with van der Waals surface area (Å²) in [5, 5.41) is 3.43. The van der Waals surface area contributed by atoms with Gasteiger partial charge in [0.05, 0.1) is 0 Å². The molecule has 0 aromatic carbocycles. The third-order valence-electron chi connectivity index (χ3n) is 4.59. The largest absolute Gasteiger partial charge is 0.444 e. The molecule has 122 valence electrons. The fourth-order valence-corrected chi connectivity index (χ4v) is 3.46. The van der Waals surface area contributed by atoms with E-state index in [9.17, 15) is 4.79 Å². The molecule has 2 fully saturated rings. The molecule has 0 bridgehead atoms.